The number of carbonyl (C=O) groups is 2. The number of nitrogen functional groups attached to an aromatic ring is 1. The first-order valence-corrected chi connectivity index (χ1v) is 10.1. The third kappa shape index (κ3) is 7.22. The first-order valence-electron chi connectivity index (χ1n) is 10.1. The second-order valence-corrected chi connectivity index (χ2v) is 7.01. The Bertz CT molecular complexity index is 1190. The zero-order chi connectivity index (χ0) is 25.4. The molecule has 0 aliphatic carbocycles. The number of hydrogen-bond donors (Lipinski definition) is 2. The van der Waals surface area contributed by atoms with Crippen LogP contribution in [0.25, 0.3) is 0 Å². The summed E-state index contributed by atoms with van der Waals surface area (Å²) in [4.78, 5) is 28.5. The van der Waals surface area contributed by atoms with E-state index in [4.69, 9.17) is 20.6 Å². The van der Waals surface area contributed by atoms with Gasteiger partial charge in [0.05, 0.1) is 6.54 Å². The van der Waals surface area contributed by atoms with Crippen LogP contribution in [-0.2, 0) is 9.63 Å². The van der Waals surface area contributed by atoms with E-state index in [1.54, 1.807) is 36.4 Å². The number of hydrogen-bond acceptors (Lipinski definition) is 6. The van der Waals surface area contributed by atoms with Gasteiger partial charge in [0.1, 0.15) is 29.7 Å². The molecule has 0 saturated carbocycles. The number of alkyl halides is 3. The molecule has 0 aliphatic heterocycles. The molecule has 3 N–H and O–H groups in total. The number of amides is 1. The zero-order valence-corrected chi connectivity index (χ0v) is 18.1. The van der Waals surface area contributed by atoms with Crippen molar-refractivity contribution in [2.45, 2.75) is 6.18 Å². The molecule has 3 rings (SSSR count). The molecule has 1 amide bonds. The first kappa shape index (κ1) is 25.1. The lowest BCUT2D eigenvalue weighted by Crippen LogP contribution is -2.40. The van der Waals surface area contributed by atoms with E-state index in [1.165, 1.54) is 36.4 Å². The van der Waals surface area contributed by atoms with Crippen molar-refractivity contribution in [1.29, 1.82) is 5.41 Å². The molecule has 3 aromatic carbocycles. The predicted octanol–water partition coefficient (Wildman–Crippen LogP) is 4.30. The molecule has 0 unspecified atom stereocenters. The molecular formula is C24H20F3N3O5. The lowest BCUT2D eigenvalue weighted by atomic mass is 10.2. The second-order valence-electron chi connectivity index (χ2n) is 7.01. The topological polar surface area (TPSA) is 115 Å². The van der Waals surface area contributed by atoms with Crippen LogP contribution in [0.4, 0.5) is 13.2 Å². The fraction of sp³-hybridized carbons (Fsp3) is 0.125. The molecule has 182 valence electrons. The molecule has 0 fully saturated rings. The number of nitrogens with one attached hydrogen (secondary N) is 1. The maximum atomic E-state index is 12.8. The zero-order valence-electron chi connectivity index (χ0n) is 18.1. The first-order chi connectivity index (χ1) is 16.6. The highest BCUT2D eigenvalue weighted by Gasteiger charge is 2.43. The van der Waals surface area contributed by atoms with Gasteiger partial charge in [-0.3, -0.25) is 10.2 Å². The smallest absolute Gasteiger partial charge is 0.492 e. The molecule has 11 heteroatoms. The number of halogens is 3. The maximum Gasteiger partial charge on any atom is 0.493 e. The van der Waals surface area contributed by atoms with Gasteiger partial charge < -0.3 is 20.0 Å². The number of ether oxygens (including phenoxy) is 2. The summed E-state index contributed by atoms with van der Waals surface area (Å²) in [6, 6.07) is 20.5. The summed E-state index contributed by atoms with van der Waals surface area (Å²) in [6.07, 6.45) is -5.30. The van der Waals surface area contributed by atoms with Crippen LogP contribution in [0.15, 0.2) is 78.9 Å². The van der Waals surface area contributed by atoms with Gasteiger partial charge in [0, 0.05) is 11.1 Å². The molecule has 0 bridgehead atoms. The molecule has 0 atom stereocenters. The van der Waals surface area contributed by atoms with Crippen molar-refractivity contribution in [2.24, 2.45) is 5.73 Å². The molecule has 0 spiro atoms. The number of amidine groups is 1. The van der Waals surface area contributed by atoms with Gasteiger partial charge >= 0.3 is 12.1 Å². The van der Waals surface area contributed by atoms with E-state index in [0.717, 1.165) is 0 Å². The van der Waals surface area contributed by atoms with Gasteiger partial charge in [-0.05, 0) is 48.5 Å². The summed E-state index contributed by atoms with van der Waals surface area (Å²) in [5.74, 6) is -2.54. The number of para-hydroxylation sites is 1. The van der Waals surface area contributed by atoms with Crippen LogP contribution in [-0.4, -0.2) is 42.1 Å². The summed E-state index contributed by atoms with van der Waals surface area (Å²) < 4.78 is 49.3. The molecule has 0 heterocycles. The van der Waals surface area contributed by atoms with Crippen LogP contribution in [0, 0.1) is 5.41 Å². The number of carbonyl (C=O) groups excluding carboxylic acids is 2. The average Bonchev–Trinajstić information content (AvgIpc) is 2.83. The van der Waals surface area contributed by atoms with E-state index in [0.29, 0.717) is 17.1 Å². The van der Waals surface area contributed by atoms with Crippen LogP contribution in [0.3, 0.4) is 0 Å². The van der Waals surface area contributed by atoms with Crippen molar-refractivity contribution in [3.63, 3.8) is 0 Å². The van der Waals surface area contributed by atoms with Crippen LogP contribution in [0.5, 0.6) is 17.2 Å². The molecular weight excluding hydrogens is 467 g/mol. The lowest BCUT2D eigenvalue weighted by Gasteiger charge is -2.22. The minimum atomic E-state index is -5.30. The van der Waals surface area contributed by atoms with Gasteiger partial charge in [-0.1, -0.05) is 30.3 Å². The molecule has 0 radical (unpaired) electrons. The van der Waals surface area contributed by atoms with E-state index in [9.17, 15) is 22.8 Å². The number of rotatable bonds is 8. The van der Waals surface area contributed by atoms with E-state index in [2.05, 4.69) is 4.84 Å². The minimum Gasteiger partial charge on any atom is -0.492 e. The minimum absolute atomic E-state index is 0.0426. The predicted molar refractivity (Wildman–Crippen MR) is 119 cm³/mol. The van der Waals surface area contributed by atoms with Crippen molar-refractivity contribution in [2.75, 3.05) is 13.2 Å². The largest absolute Gasteiger partial charge is 0.493 e. The Balaban J connectivity index is 1.70. The molecule has 0 aliphatic rings. The van der Waals surface area contributed by atoms with E-state index >= 15 is 0 Å². The Morgan fingerprint density at radius 3 is 2.11 bits per heavy atom. The standard InChI is InChI=1S/C24H20F3N3O5/c25-24(26,27)23(32)35-30(13-14-33-20-8-4-5-17(15-20)21(28)29)22(31)16-9-11-19(12-10-16)34-18-6-2-1-3-7-18/h1-12,15H,13-14H2,(H3,28,29). The van der Waals surface area contributed by atoms with Gasteiger partial charge in [-0.25, -0.2) is 4.79 Å². The Kier molecular flexibility index (Phi) is 7.92. The van der Waals surface area contributed by atoms with Crippen LogP contribution in [0.2, 0.25) is 0 Å². The quantitative estimate of drug-likeness (QED) is 0.278. The molecule has 8 nitrogen and oxygen atoms in total. The Morgan fingerprint density at radius 1 is 0.857 bits per heavy atom. The van der Waals surface area contributed by atoms with Crippen LogP contribution in [0.1, 0.15) is 15.9 Å². The Hall–Kier alpha value is -4.54. The fourth-order valence-corrected chi connectivity index (χ4v) is 2.77. The Morgan fingerprint density at radius 2 is 1.49 bits per heavy atom. The Labute approximate surface area is 198 Å². The van der Waals surface area contributed by atoms with Gasteiger partial charge in [0.25, 0.3) is 5.91 Å². The van der Waals surface area contributed by atoms with Crippen molar-refractivity contribution in [3.8, 4) is 17.2 Å². The molecule has 3 aromatic rings. The van der Waals surface area contributed by atoms with Crippen molar-refractivity contribution >= 4 is 17.7 Å². The van der Waals surface area contributed by atoms with Gasteiger partial charge in [-0.15, -0.1) is 0 Å². The summed E-state index contributed by atoms with van der Waals surface area (Å²) in [5.41, 5.74) is 5.74. The number of benzene rings is 3. The average molecular weight is 487 g/mol. The highest BCUT2D eigenvalue weighted by molar-refractivity contribution is 5.95. The number of hydroxylamine groups is 2. The molecule has 0 saturated heterocycles. The summed E-state index contributed by atoms with van der Waals surface area (Å²) >= 11 is 0. The van der Waals surface area contributed by atoms with Crippen LogP contribution >= 0.6 is 0 Å². The summed E-state index contributed by atoms with van der Waals surface area (Å²) in [6.45, 7) is -0.819. The second kappa shape index (κ2) is 11.1. The monoisotopic (exact) mass is 487 g/mol. The van der Waals surface area contributed by atoms with E-state index in [-0.39, 0.29) is 28.8 Å². The van der Waals surface area contributed by atoms with Crippen molar-refractivity contribution in [3.05, 3.63) is 90.0 Å². The van der Waals surface area contributed by atoms with Gasteiger partial charge in [0.2, 0.25) is 0 Å². The van der Waals surface area contributed by atoms with Gasteiger partial charge in [-0.2, -0.15) is 18.2 Å². The third-order valence-corrected chi connectivity index (χ3v) is 4.44. The van der Waals surface area contributed by atoms with Crippen molar-refractivity contribution in [1.82, 2.24) is 5.06 Å². The molecule has 35 heavy (non-hydrogen) atoms. The third-order valence-electron chi connectivity index (χ3n) is 4.44. The number of nitrogens with two attached hydrogens (primary N) is 1. The summed E-state index contributed by atoms with van der Waals surface area (Å²) in [7, 11) is 0. The SMILES string of the molecule is N=C(N)c1cccc(OCCN(OC(=O)C(F)(F)F)C(=O)c2ccc(Oc3ccccc3)cc2)c1. The highest BCUT2D eigenvalue weighted by atomic mass is 19.4. The molecule has 0 aromatic heterocycles. The number of nitrogens with zero attached hydrogens (tertiary/aromatic N) is 1. The van der Waals surface area contributed by atoms with Crippen LogP contribution < -0.4 is 15.2 Å². The van der Waals surface area contributed by atoms with E-state index < -0.39 is 24.6 Å². The van der Waals surface area contributed by atoms with Crippen molar-refractivity contribution < 1.29 is 37.1 Å². The lowest BCUT2D eigenvalue weighted by molar-refractivity contribution is -0.229. The summed E-state index contributed by atoms with van der Waals surface area (Å²) in [5, 5.41) is 7.71. The normalized spacial score (nSPS) is 10.8. The fourth-order valence-electron chi connectivity index (χ4n) is 2.77. The van der Waals surface area contributed by atoms with E-state index in [1.807, 2.05) is 6.07 Å². The van der Waals surface area contributed by atoms with Gasteiger partial charge in [0.15, 0.2) is 0 Å². The maximum absolute atomic E-state index is 12.8. The highest BCUT2D eigenvalue weighted by Crippen LogP contribution is 2.23.